The van der Waals surface area contributed by atoms with Gasteiger partial charge in [-0.1, -0.05) is 12.1 Å². The molecule has 5 heteroatoms. The Labute approximate surface area is 127 Å². The number of aromatic nitrogens is 1. The number of amides is 1. The Morgan fingerprint density at radius 2 is 2.29 bits per heavy atom. The van der Waals surface area contributed by atoms with E-state index in [2.05, 4.69) is 4.98 Å². The van der Waals surface area contributed by atoms with Crippen LogP contribution in [0.25, 0.3) is 0 Å². The number of hydrogen-bond donors (Lipinski definition) is 0. The highest BCUT2D eigenvalue weighted by molar-refractivity contribution is 7.09. The molecule has 0 spiro atoms. The summed E-state index contributed by atoms with van der Waals surface area (Å²) in [5, 5.41) is 3.00. The highest BCUT2D eigenvalue weighted by atomic mass is 32.1. The molecule has 3 nitrogen and oxygen atoms in total. The van der Waals surface area contributed by atoms with Crippen LogP contribution < -0.4 is 0 Å². The third-order valence-electron chi connectivity index (χ3n) is 3.60. The number of carbonyl (C=O) groups is 1. The van der Waals surface area contributed by atoms with Crippen molar-refractivity contribution >= 4 is 17.2 Å². The molecule has 1 amide bonds. The van der Waals surface area contributed by atoms with Gasteiger partial charge in [0.2, 0.25) is 5.91 Å². The topological polar surface area (TPSA) is 33.2 Å². The molecular weight excluding hydrogens is 287 g/mol. The van der Waals surface area contributed by atoms with Crippen molar-refractivity contribution in [2.45, 2.75) is 31.7 Å². The first-order valence-electron chi connectivity index (χ1n) is 7.14. The summed E-state index contributed by atoms with van der Waals surface area (Å²) in [5.41, 5.74) is 0.736. The van der Waals surface area contributed by atoms with E-state index in [1.807, 2.05) is 10.3 Å². The lowest BCUT2D eigenvalue weighted by Crippen LogP contribution is -2.36. The summed E-state index contributed by atoms with van der Waals surface area (Å²) >= 11 is 1.62. The molecule has 110 valence electrons. The summed E-state index contributed by atoms with van der Waals surface area (Å²) in [6, 6.07) is 6.65. The fraction of sp³-hybridized carbons (Fsp3) is 0.375. The molecule has 0 atom stereocenters. The molecule has 1 fully saturated rings. The highest BCUT2D eigenvalue weighted by Crippen LogP contribution is 2.28. The zero-order valence-corrected chi connectivity index (χ0v) is 12.5. The number of carbonyl (C=O) groups excluding carboxylic acids is 1. The van der Waals surface area contributed by atoms with E-state index >= 15 is 0 Å². The molecule has 1 aliphatic carbocycles. The Morgan fingerprint density at radius 3 is 2.95 bits per heavy atom. The van der Waals surface area contributed by atoms with Gasteiger partial charge in [0.25, 0.3) is 0 Å². The number of hydrogen-bond acceptors (Lipinski definition) is 3. The molecule has 3 rings (SSSR count). The third kappa shape index (κ3) is 3.88. The minimum Gasteiger partial charge on any atom is -0.339 e. The van der Waals surface area contributed by atoms with E-state index in [0.717, 1.165) is 29.8 Å². The first kappa shape index (κ1) is 14.2. The van der Waals surface area contributed by atoms with Crippen molar-refractivity contribution in [3.8, 4) is 0 Å². The van der Waals surface area contributed by atoms with Crippen molar-refractivity contribution in [3.63, 3.8) is 0 Å². The van der Waals surface area contributed by atoms with Gasteiger partial charge in [-0.2, -0.15) is 0 Å². The fourth-order valence-electron chi connectivity index (χ4n) is 2.41. The zero-order valence-electron chi connectivity index (χ0n) is 11.7. The SMILES string of the molecule is O=C(Cc1cccc(F)c1)N(CCc1nccs1)C1CC1. The minimum atomic E-state index is -0.291. The van der Waals surface area contributed by atoms with Crippen molar-refractivity contribution in [1.29, 1.82) is 0 Å². The van der Waals surface area contributed by atoms with Crippen molar-refractivity contribution < 1.29 is 9.18 Å². The van der Waals surface area contributed by atoms with Gasteiger partial charge >= 0.3 is 0 Å². The molecule has 21 heavy (non-hydrogen) atoms. The quantitative estimate of drug-likeness (QED) is 0.822. The summed E-state index contributed by atoms with van der Waals surface area (Å²) < 4.78 is 13.2. The molecule has 1 saturated carbocycles. The van der Waals surface area contributed by atoms with Gasteiger partial charge in [0.05, 0.1) is 11.4 Å². The minimum absolute atomic E-state index is 0.0830. The maximum absolute atomic E-state index is 13.2. The summed E-state index contributed by atoms with van der Waals surface area (Å²) in [6.07, 6.45) is 5.00. The van der Waals surface area contributed by atoms with Gasteiger partial charge < -0.3 is 4.90 Å². The van der Waals surface area contributed by atoms with Crippen LogP contribution in [0.1, 0.15) is 23.4 Å². The molecule has 0 aliphatic heterocycles. The van der Waals surface area contributed by atoms with Gasteiger partial charge in [-0.3, -0.25) is 4.79 Å². The molecule has 2 aromatic rings. The average molecular weight is 304 g/mol. The summed E-state index contributed by atoms with van der Waals surface area (Å²) in [6.45, 7) is 0.701. The van der Waals surface area contributed by atoms with Gasteiger partial charge in [0.15, 0.2) is 0 Å². The first-order valence-corrected chi connectivity index (χ1v) is 8.02. The van der Waals surface area contributed by atoms with E-state index < -0.39 is 0 Å². The van der Waals surface area contributed by atoms with E-state index in [4.69, 9.17) is 0 Å². The number of rotatable bonds is 6. The number of thiazole rings is 1. The number of halogens is 1. The number of benzene rings is 1. The molecule has 0 N–H and O–H groups in total. The fourth-order valence-corrected chi connectivity index (χ4v) is 3.02. The van der Waals surface area contributed by atoms with Crippen LogP contribution in [0.5, 0.6) is 0 Å². The Balaban J connectivity index is 1.62. The lowest BCUT2D eigenvalue weighted by atomic mass is 10.1. The Kier molecular flexibility index (Phi) is 4.29. The molecule has 1 heterocycles. The van der Waals surface area contributed by atoms with E-state index in [1.54, 1.807) is 29.7 Å². The maximum atomic E-state index is 13.2. The molecule has 1 aliphatic rings. The van der Waals surface area contributed by atoms with Gasteiger partial charge in [-0.05, 0) is 30.5 Å². The lowest BCUT2D eigenvalue weighted by Gasteiger charge is -2.22. The van der Waals surface area contributed by atoms with E-state index in [0.29, 0.717) is 12.6 Å². The molecule has 0 unspecified atom stereocenters. The smallest absolute Gasteiger partial charge is 0.227 e. The van der Waals surface area contributed by atoms with Crippen LogP contribution in [-0.2, 0) is 17.6 Å². The van der Waals surface area contributed by atoms with E-state index in [-0.39, 0.29) is 18.1 Å². The van der Waals surface area contributed by atoms with Gasteiger partial charge in [-0.15, -0.1) is 11.3 Å². The number of nitrogens with zero attached hydrogens (tertiary/aromatic N) is 2. The third-order valence-corrected chi connectivity index (χ3v) is 4.44. The largest absolute Gasteiger partial charge is 0.339 e. The average Bonchev–Trinajstić information content (AvgIpc) is 3.14. The summed E-state index contributed by atoms with van der Waals surface area (Å²) in [5.74, 6) is -0.208. The van der Waals surface area contributed by atoms with Crippen molar-refractivity contribution in [2.24, 2.45) is 0 Å². The van der Waals surface area contributed by atoms with Crippen LogP contribution in [-0.4, -0.2) is 28.4 Å². The molecule has 0 bridgehead atoms. The van der Waals surface area contributed by atoms with Crippen LogP contribution in [0.4, 0.5) is 4.39 Å². The first-order chi connectivity index (χ1) is 10.2. The van der Waals surface area contributed by atoms with Crippen LogP contribution in [0.3, 0.4) is 0 Å². The van der Waals surface area contributed by atoms with Gasteiger partial charge in [0, 0.05) is 30.6 Å². The van der Waals surface area contributed by atoms with Gasteiger partial charge in [-0.25, -0.2) is 9.37 Å². The molecule has 0 radical (unpaired) electrons. The van der Waals surface area contributed by atoms with Crippen molar-refractivity contribution in [1.82, 2.24) is 9.88 Å². The van der Waals surface area contributed by atoms with Gasteiger partial charge in [0.1, 0.15) is 5.82 Å². The second kappa shape index (κ2) is 6.35. The predicted molar refractivity (Wildman–Crippen MR) is 80.7 cm³/mol. The van der Waals surface area contributed by atoms with Crippen LogP contribution in [0, 0.1) is 5.82 Å². The van der Waals surface area contributed by atoms with Crippen LogP contribution in [0.2, 0.25) is 0 Å². The Morgan fingerprint density at radius 1 is 1.43 bits per heavy atom. The monoisotopic (exact) mass is 304 g/mol. The van der Waals surface area contributed by atoms with Crippen molar-refractivity contribution in [2.75, 3.05) is 6.54 Å². The Hall–Kier alpha value is -1.75. The molecule has 0 saturated heterocycles. The second-order valence-corrected chi connectivity index (χ2v) is 6.28. The lowest BCUT2D eigenvalue weighted by molar-refractivity contribution is -0.131. The standard InChI is InChI=1S/C16H17FN2OS/c17-13-3-1-2-12(10-13)11-16(20)19(14-4-5-14)8-6-15-18-7-9-21-15/h1-3,7,9-10,14H,4-6,8,11H2. The molecular formula is C16H17FN2OS. The normalized spacial score (nSPS) is 14.1. The zero-order chi connectivity index (χ0) is 14.7. The Bertz CT molecular complexity index is 610. The van der Waals surface area contributed by atoms with Crippen LogP contribution >= 0.6 is 11.3 Å². The van der Waals surface area contributed by atoms with Crippen LogP contribution in [0.15, 0.2) is 35.8 Å². The summed E-state index contributed by atoms with van der Waals surface area (Å²) in [7, 11) is 0. The maximum Gasteiger partial charge on any atom is 0.227 e. The predicted octanol–water partition coefficient (Wildman–Crippen LogP) is 3.06. The second-order valence-electron chi connectivity index (χ2n) is 5.30. The van der Waals surface area contributed by atoms with E-state index in [9.17, 15) is 9.18 Å². The molecule has 1 aromatic heterocycles. The molecule has 1 aromatic carbocycles. The van der Waals surface area contributed by atoms with E-state index in [1.165, 1.54) is 12.1 Å². The summed E-state index contributed by atoms with van der Waals surface area (Å²) in [4.78, 5) is 18.6. The van der Waals surface area contributed by atoms with Crippen molar-refractivity contribution in [3.05, 3.63) is 52.2 Å². The highest BCUT2D eigenvalue weighted by Gasteiger charge is 2.32.